The van der Waals surface area contributed by atoms with Crippen molar-refractivity contribution in [3.63, 3.8) is 0 Å². The number of nitrogens with one attached hydrogen (secondary N) is 1. The van der Waals surface area contributed by atoms with Gasteiger partial charge >= 0.3 is 6.09 Å². The number of amides is 1. The molecule has 0 saturated carbocycles. The zero-order chi connectivity index (χ0) is 21.6. The van der Waals surface area contributed by atoms with E-state index in [4.69, 9.17) is 14.2 Å². The molecule has 0 aliphatic carbocycles. The van der Waals surface area contributed by atoms with E-state index in [0.29, 0.717) is 55.0 Å². The summed E-state index contributed by atoms with van der Waals surface area (Å²) in [7, 11) is 1.55. The molecule has 0 atom stereocenters. The van der Waals surface area contributed by atoms with Crippen molar-refractivity contribution in [3.8, 4) is 22.9 Å². The molecule has 0 spiro atoms. The van der Waals surface area contributed by atoms with Crippen LogP contribution in [-0.2, 0) is 4.74 Å². The number of ether oxygens (including phenoxy) is 3. The zero-order valence-corrected chi connectivity index (χ0v) is 16.9. The van der Waals surface area contributed by atoms with Crippen LogP contribution >= 0.6 is 0 Å². The van der Waals surface area contributed by atoms with Crippen molar-refractivity contribution in [3.05, 3.63) is 60.5 Å². The molecule has 1 aliphatic heterocycles. The first kappa shape index (κ1) is 20.5. The first-order chi connectivity index (χ1) is 15.1. The van der Waals surface area contributed by atoms with E-state index in [-0.39, 0.29) is 5.69 Å². The second kappa shape index (κ2) is 9.40. The Hall–Kier alpha value is -3.72. The highest BCUT2D eigenvalue weighted by molar-refractivity contribution is 5.86. The molecule has 0 unspecified atom stereocenters. The number of carbonyl (C=O) groups is 1. The number of carbonyl (C=O) groups excluding carboxylic acids is 1. The monoisotopic (exact) mass is 424 g/mol. The predicted octanol–water partition coefficient (Wildman–Crippen LogP) is 3.74. The van der Waals surface area contributed by atoms with Gasteiger partial charge in [0.05, 0.1) is 32.2 Å². The minimum absolute atomic E-state index is 0.00778. The van der Waals surface area contributed by atoms with Gasteiger partial charge in [-0.25, -0.2) is 19.2 Å². The fraction of sp³-hybridized carbons (Fsp3) is 0.227. The van der Waals surface area contributed by atoms with Crippen molar-refractivity contribution >= 4 is 17.6 Å². The SMILES string of the molecule is COc1cnc(-c2ccc(NC(=O)Oc3ccccc3)c(F)c2)nc1N1CCOCC1. The van der Waals surface area contributed by atoms with E-state index in [9.17, 15) is 9.18 Å². The van der Waals surface area contributed by atoms with Gasteiger partial charge in [0, 0.05) is 18.7 Å². The topological polar surface area (TPSA) is 85.8 Å². The minimum Gasteiger partial charge on any atom is -0.491 e. The molecular weight excluding hydrogens is 403 g/mol. The molecule has 1 saturated heterocycles. The van der Waals surface area contributed by atoms with Crippen LogP contribution in [0.15, 0.2) is 54.7 Å². The van der Waals surface area contributed by atoms with E-state index in [2.05, 4.69) is 15.3 Å². The second-order valence-corrected chi connectivity index (χ2v) is 6.71. The minimum atomic E-state index is -0.784. The molecule has 2 aromatic carbocycles. The Morgan fingerprint density at radius 3 is 2.65 bits per heavy atom. The van der Waals surface area contributed by atoms with Gasteiger partial charge in [0.15, 0.2) is 17.4 Å². The fourth-order valence-electron chi connectivity index (χ4n) is 3.13. The van der Waals surface area contributed by atoms with Crippen LogP contribution in [0, 0.1) is 5.82 Å². The molecule has 0 radical (unpaired) electrons. The molecule has 160 valence electrons. The number of morpholine rings is 1. The number of nitrogens with zero attached hydrogens (tertiary/aromatic N) is 3. The molecule has 8 nitrogen and oxygen atoms in total. The smallest absolute Gasteiger partial charge is 0.417 e. The maximum Gasteiger partial charge on any atom is 0.417 e. The highest BCUT2D eigenvalue weighted by Gasteiger charge is 2.19. The van der Waals surface area contributed by atoms with Crippen molar-refractivity contribution in [2.24, 2.45) is 0 Å². The lowest BCUT2D eigenvalue weighted by atomic mass is 10.2. The number of aromatic nitrogens is 2. The predicted molar refractivity (Wildman–Crippen MR) is 113 cm³/mol. The largest absolute Gasteiger partial charge is 0.491 e. The Balaban J connectivity index is 1.52. The van der Waals surface area contributed by atoms with E-state index >= 15 is 0 Å². The summed E-state index contributed by atoms with van der Waals surface area (Å²) < 4.78 is 30.6. The van der Waals surface area contributed by atoms with E-state index in [0.717, 1.165) is 0 Å². The lowest BCUT2D eigenvalue weighted by Crippen LogP contribution is -2.37. The summed E-state index contributed by atoms with van der Waals surface area (Å²) in [6.45, 7) is 2.54. The highest BCUT2D eigenvalue weighted by Crippen LogP contribution is 2.29. The van der Waals surface area contributed by atoms with Gasteiger partial charge in [0.25, 0.3) is 0 Å². The number of para-hydroxylation sites is 1. The fourth-order valence-corrected chi connectivity index (χ4v) is 3.13. The number of benzene rings is 2. The van der Waals surface area contributed by atoms with E-state index in [1.165, 1.54) is 12.1 Å². The number of anilines is 2. The van der Waals surface area contributed by atoms with Gasteiger partial charge in [-0.3, -0.25) is 5.32 Å². The molecule has 1 aliphatic rings. The van der Waals surface area contributed by atoms with E-state index in [1.807, 2.05) is 4.90 Å². The molecule has 2 heterocycles. The summed E-state index contributed by atoms with van der Waals surface area (Å²) in [5.74, 6) is 1.24. The molecule has 1 amide bonds. The average Bonchev–Trinajstić information content (AvgIpc) is 2.81. The van der Waals surface area contributed by atoms with Crippen molar-refractivity contribution in [1.29, 1.82) is 0 Å². The number of hydrogen-bond acceptors (Lipinski definition) is 7. The lowest BCUT2D eigenvalue weighted by Gasteiger charge is -2.28. The van der Waals surface area contributed by atoms with Crippen molar-refractivity contribution in [1.82, 2.24) is 9.97 Å². The molecule has 9 heteroatoms. The van der Waals surface area contributed by atoms with E-state index < -0.39 is 11.9 Å². The average molecular weight is 424 g/mol. The summed E-state index contributed by atoms with van der Waals surface area (Å²) in [4.78, 5) is 22.9. The van der Waals surface area contributed by atoms with Gasteiger partial charge in [-0.1, -0.05) is 18.2 Å². The van der Waals surface area contributed by atoms with Gasteiger partial charge in [0.2, 0.25) is 0 Å². The van der Waals surface area contributed by atoms with Crippen LogP contribution in [0.5, 0.6) is 11.5 Å². The van der Waals surface area contributed by atoms with Gasteiger partial charge in [0.1, 0.15) is 11.6 Å². The Bertz CT molecular complexity index is 1060. The third-order valence-corrected chi connectivity index (χ3v) is 4.68. The molecule has 0 bridgehead atoms. The first-order valence-corrected chi connectivity index (χ1v) is 9.71. The summed E-state index contributed by atoms with van der Waals surface area (Å²) in [5.41, 5.74) is 0.461. The third-order valence-electron chi connectivity index (χ3n) is 4.68. The maximum atomic E-state index is 14.7. The molecule has 1 N–H and O–H groups in total. The van der Waals surface area contributed by atoms with Crippen LogP contribution < -0.4 is 19.7 Å². The van der Waals surface area contributed by atoms with Crippen molar-refractivity contribution in [2.75, 3.05) is 43.6 Å². The molecule has 1 aromatic heterocycles. The first-order valence-electron chi connectivity index (χ1n) is 9.71. The number of halogens is 1. The van der Waals surface area contributed by atoms with Crippen LogP contribution in [0.2, 0.25) is 0 Å². The second-order valence-electron chi connectivity index (χ2n) is 6.71. The van der Waals surface area contributed by atoms with Crippen LogP contribution in [-0.4, -0.2) is 49.5 Å². The number of hydrogen-bond donors (Lipinski definition) is 1. The van der Waals surface area contributed by atoms with Gasteiger partial charge in [-0.05, 0) is 30.3 Å². The zero-order valence-electron chi connectivity index (χ0n) is 16.9. The molecule has 1 fully saturated rings. The Labute approximate surface area is 178 Å². The van der Waals surface area contributed by atoms with Gasteiger partial charge in [-0.15, -0.1) is 0 Å². The molecule has 3 aromatic rings. The maximum absolute atomic E-state index is 14.7. The Morgan fingerprint density at radius 1 is 1.16 bits per heavy atom. The molecule has 4 rings (SSSR count). The molecule has 31 heavy (non-hydrogen) atoms. The number of methoxy groups -OCH3 is 1. The quantitative estimate of drug-likeness (QED) is 0.668. The van der Waals surface area contributed by atoms with Gasteiger partial charge < -0.3 is 19.1 Å². The van der Waals surface area contributed by atoms with Gasteiger partial charge in [-0.2, -0.15) is 0 Å². The van der Waals surface area contributed by atoms with E-state index in [1.54, 1.807) is 49.7 Å². The number of rotatable bonds is 5. The Morgan fingerprint density at radius 2 is 1.94 bits per heavy atom. The normalized spacial score (nSPS) is 13.5. The Kier molecular flexibility index (Phi) is 6.23. The van der Waals surface area contributed by atoms with Crippen LogP contribution in [0.25, 0.3) is 11.4 Å². The van der Waals surface area contributed by atoms with Crippen LogP contribution in [0.4, 0.5) is 20.7 Å². The van der Waals surface area contributed by atoms with Crippen LogP contribution in [0.3, 0.4) is 0 Å². The summed E-state index contributed by atoms with van der Waals surface area (Å²) >= 11 is 0. The third kappa shape index (κ3) is 4.89. The van der Waals surface area contributed by atoms with Crippen molar-refractivity contribution < 1.29 is 23.4 Å². The van der Waals surface area contributed by atoms with Crippen molar-refractivity contribution in [2.45, 2.75) is 0 Å². The standard InChI is InChI=1S/C22H21FN4O4/c1-29-19-14-24-20(26-21(19)27-9-11-30-12-10-27)15-7-8-18(17(23)13-15)25-22(28)31-16-5-3-2-4-6-16/h2-8,13-14H,9-12H2,1H3,(H,25,28). The lowest BCUT2D eigenvalue weighted by molar-refractivity contribution is 0.122. The van der Waals surface area contributed by atoms with Crippen LogP contribution in [0.1, 0.15) is 0 Å². The summed E-state index contributed by atoms with van der Waals surface area (Å²) in [6.07, 6.45) is 0.780. The highest BCUT2D eigenvalue weighted by atomic mass is 19.1. The molecular formula is C22H21FN4O4. The summed E-state index contributed by atoms with van der Waals surface area (Å²) in [5, 5.41) is 2.40. The summed E-state index contributed by atoms with van der Waals surface area (Å²) in [6, 6.07) is 12.9.